The largest absolute Gasteiger partial charge is 0.458 e. The number of thiophene rings is 2. The molecule has 2 aromatic heterocycles. The number of hydrogen-bond donors (Lipinski definition) is 0. The van der Waals surface area contributed by atoms with Gasteiger partial charge in [-0.2, -0.15) is 0 Å². The van der Waals surface area contributed by atoms with Crippen LogP contribution in [0.2, 0.25) is 0 Å². The van der Waals surface area contributed by atoms with E-state index in [2.05, 4.69) is 0 Å². The van der Waals surface area contributed by atoms with Crippen molar-refractivity contribution in [3.63, 3.8) is 0 Å². The van der Waals surface area contributed by atoms with Gasteiger partial charge in [0.2, 0.25) is 0 Å². The first-order valence-electron chi connectivity index (χ1n) is 38.1. The lowest BCUT2D eigenvalue weighted by Gasteiger charge is -2.43. The van der Waals surface area contributed by atoms with E-state index in [1.165, 1.54) is 87.1 Å². The maximum absolute atomic E-state index is 17.8. The molecule has 15 aromatic carbocycles. The molecule has 8 nitrogen and oxygen atoms in total. The van der Waals surface area contributed by atoms with Crippen LogP contribution in [-0.2, 0) is 0 Å². The molecular formula is C94H44B3F14N5O3S3. The minimum atomic E-state index is -1.27. The number of benzene rings is 15. The fourth-order valence-corrected chi connectivity index (χ4v) is 22.2. The number of para-hydroxylation sites is 8. The second-order valence-electron chi connectivity index (χ2n) is 29.9. The summed E-state index contributed by atoms with van der Waals surface area (Å²) in [6.07, 6.45) is 0. The minimum absolute atomic E-state index is 0.0202. The van der Waals surface area contributed by atoms with Gasteiger partial charge in [-0.25, -0.2) is 61.5 Å². The Kier molecular flexibility index (Phi) is 16.4. The fourth-order valence-electron chi connectivity index (χ4n) is 18.2. The smallest absolute Gasteiger partial charge is 0.268 e. The molecule has 0 saturated heterocycles. The van der Waals surface area contributed by atoms with E-state index in [1.807, 2.05) is 77.7 Å². The van der Waals surface area contributed by atoms with Gasteiger partial charge in [0.05, 0.1) is 11.4 Å². The molecule has 0 N–H and O–H groups in total. The number of hydrogen-bond acceptors (Lipinski definition) is 11. The lowest BCUT2D eigenvalue weighted by Crippen LogP contribution is -2.64. The summed E-state index contributed by atoms with van der Waals surface area (Å²) < 4.78 is 262. The molecule has 122 heavy (non-hydrogen) atoms. The van der Waals surface area contributed by atoms with Gasteiger partial charge in [0.15, 0.2) is 0 Å². The van der Waals surface area contributed by atoms with E-state index in [4.69, 9.17) is 14.2 Å². The van der Waals surface area contributed by atoms with Crippen LogP contribution in [0.4, 0.5) is 147 Å². The number of fused-ring (bicyclic) bond motifs is 16. The van der Waals surface area contributed by atoms with Crippen LogP contribution >= 0.6 is 34.4 Å². The molecule has 17 aromatic rings. The van der Waals surface area contributed by atoms with Crippen molar-refractivity contribution in [1.29, 1.82) is 0 Å². The number of nitrogens with zero attached hydrogens (tertiary/aromatic N) is 5. The summed E-state index contributed by atoms with van der Waals surface area (Å²) in [6.45, 7) is -3.22. The summed E-state index contributed by atoms with van der Waals surface area (Å²) >= 11 is 3.61. The standard InChI is InChI=1S/C94H44B3F14N5O3S3/c98-45-29-31-79-52(33-45)91-93(121-79)96-54-41-56-74(43-70(54)115(89-66(108)25-11-26-67(89)109)72-35-49(37-76(119-91)82(72)96)113(85-58(100)17-7-18-59(85)101)86-60(102)19-8-20-61(86)103)117-77-38-51(112(47-13-3-1-4-14-47)48-15-5-2-6-16-48)39-78-84(77)95(56)57-42-55-71(44-75(57)118-78)116(90-68(110)27-12-28-69(90)111)73-36-50(114(87-62(104)21-9-22-63(87)105)88-64(106)23-10-24-65(88)107)40-81-83(73)97(55)94-92(120-81)53-34-46(99)30-32-80(53)122-94/h1-44H. The van der Waals surface area contributed by atoms with Gasteiger partial charge in [0, 0.05) is 110 Å². The predicted molar refractivity (Wildman–Crippen MR) is 454 cm³/mol. The molecule has 588 valence electrons. The normalized spacial score (nSPS) is 13.2. The summed E-state index contributed by atoms with van der Waals surface area (Å²) in [5.74, 6) is -15.4. The van der Waals surface area contributed by atoms with Crippen molar-refractivity contribution in [2.45, 2.75) is 9.79 Å². The van der Waals surface area contributed by atoms with Crippen LogP contribution < -0.4 is 86.5 Å². The topological polar surface area (TPSA) is 43.9 Å². The Morgan fingerprint density at radius 2 is 0.648 bits per heavy atom. The van der Waals surface area contributed by atoms with E-state index in [0.29, 0.717) is 84.0 Å². The Balaban J connectivity index is 0.822. The SMILES string of the molecule is Fc1ccc2sc3c(c2c1)Oc1cc(N(c2c(F)cccc2F)c2c(F)cccc2F)cc2c1B3c1cc3c(cc1N2c1c(F)cccc1F)Oc1cc(N(c2ccccc2)c2ccccc2)cc2c1B3c1cc3c(cc1O2)N(c1c(F)cccc1F)c1cc(N(c2c(F)cccc2F)c2c(F)cccc2F)cc2c1B3c1sc3ccc(F)cc3c1S2. The molecule has 0 spiro atoms. The van der Waals surface area contributed by atoms with Crippen LogP contribution in [0, 0.1) is 81.4 Å². The first-order valence-corrected chi connectivity index (χ1v) is 40.5. The van der Waals surface area contributed by atoms with Crippen LogP contribution in [0.5, 0.6) is 34.5 Å². The highest BCUT2D eigenvalue weighted by molar-refractivity contribution is 8.00. The summed E-state index contributed by atoms with van der Waals surface area (Å²) in [4.78, 5) is 6.62. The quantitative estimate of drug-likeness (QED) is 0.0931. The van der Waals surface area contributed by atoms with Crippen molar-refractivity contribution in [2.24, 2.45) is 0 Å². The summed E-state index contributed by atoms with van der Waals surface area (Å²) in [5, 5.41) is 0.699. The molecule has 0 atom stereocenters. The molecule has 28 heteroatoms. The lowest BCUT2D eigenvalue weighted by molar-refractivity contribution is 0.465. The van der Waals surface area contributed by atoms with Gasteiger partial charge in [0.25, 0.3) is 20.1 Å². The van der Waals surface area contributed by atoms with Gasteiger partial charge in [-0.05, 0) is 189 Å². The van der Waals surface area contributed by atoms with Crippen LogP contribution in [0.15, 0.2) is 277 Å². The Labute approximate surface area is 696 Å². The minimum Gasteiger partial charge on any atom is -0.458 e. The first-order chi connectivity index (χ1) is 59.3. The van der Waals surface area contributed by atoms with E-state index >= 15 is 61.5 Å². The van der Waals surface area contributed by atoms with Crippen LogP contribution in [0.25, 0.3) is 20.2 Å². The molecular weight excluding hydrogens is 1640 g/mol. The second kappa shape index (κ2) is 27.4. The predicted octanol–water partition coefficient (Wildman–Crippen LogP) is 22.4. The molecule has 0 amide bonds. The van der Waals surface area contributed by atoms with Crippen LogP contribution in [0.1, 0.15) is 0 Å². The van der Waals surface area contributed by atoms with E-state index in [0.717, 1.165) is 120 Å². The molecule has 0 radical (unpaired) electrons. The molecule has 0 unspecified atom stereocenters. The zero-order valence-electron chi connectivity index (χ0n) is 62.1. The monoisotopic (exact) mass is 1690 g/mol. The van der Waals surface area contributed by atoms with Gasteiger partial charge in [-0.15, -0.1) is 22.7 Å². The summed E-state index contributed by atoms with van der Waals surface area (Å²) in [7, 11) is 0. The summed E-state index contributed by atoms with van der Waals surface area (Å²) in [6, 6.07) is 60.7. The van der Waals surface area contributed by atoms with Crippen molar-refractivity contribution in [3.8, 4) is 34.5 Å². The third kappa shape index (κ3) is 10.9. The molecule has 0 saturated carbocycles. The zero-order chi connectivity index (χ0) is 82.8. The van der Waals surface area contributed by atoms with E-state index in [1.54, 1.807) is 36.4 Å². The maximum atomic E-state index is 17.8. The van der Waals surface area contributed by atoms with Crippen molar-refractivity contribution in [3.05, 3.63) is 348 Å². The molecule has 6 aliphatic heterocycles. The highest BCUT2D eigenvalue weighted by Crippen LogP contribution is 2.56. The maximum Gasteiger partial charge on any atom is 0.268 e. The Bertz CT molecular complexity index is 6830. The Morgan fingerprint density at radius 1 is 0.270 bits per heavy atom. The van der Waals surface area contributed by atoms with Gasteiger partial charge < -0.3 is 28.9 Å². The molecule has 0 fully saturated rings. The van der Waals surface area contributed by atoms with E-state index in [-0.39, 0.29) is 84.4 Å². The molecule has 6 aliphatic rings. The zero-order valence-corrected chi connectivity index (χ0v) is 64.6. The molecule has 23 rings (SSSR count). The average molecular weight is 1690 g/mol. The average Bonchev–Trinajstić information content (AvgIpc) is 1.19. The third-order valence-electron chi connectivity index (χ3n) is 23.1. The van der Waals surface area contributed by atoms with Crippen molar-refractivity contribution in [2.75, 3.05) is 24.5 Å². The number of anilines is 15. The Hall–Kier alpha value is -13.8. The van der Waals surface area contributed by atoms with Crippen LogP contribution in [-0.4, -0.2) is 20.1 Å². The third-order valence-corrected chi connectivity index (χ3v) is 26.9. The number of ether oxygens (including phenoxy) is 3. The Morgan fingerprint density at radius 3 is 1.10 bits per heavy atom. The molecule has 8 heterocycles. The van der Waals surface area contributed by atoms with Gasteiger partial charge in [-0.3, -0.25) is 9.80 Å². The molecule has 0 aliphatic carbocycles. The van der Waals surface area contributed by atoms with Crippen molar-refractivity contribution >= 4 is 208 Å². The summed E-state index contributed by atoms with van der Waals surface area (Å²) in [5.41, 5.74) is -1.71. The van der Waals surface area contributed by atoms with Crippen LogP contribution in [0.3, 0.4) is 0 Å². The first kappa shape index (κ1) is 73.3. The van der Waals surface area contributed by atoms with Gasteiger partial charge in [-0.1, -0.05) is 96.7 Å². The van der Waals surface area contributed by atoms with Gasteiger partial charge in [0.1, 0.15) is 150 Å². The van der Waals surface area contributed by atoms with E-state index in [9.17, 15) is 0 Å². The van der Waals surface area contributed by atoms with Crippen molar-refractivity contribution in [1.82, 2.24) is 0 Å². The lowest BCUT2D eigenvalue weighted by atomic mass is 9.31. The van der Waals surface area contributed by atoms with Crippen molar-refractivity contribution < 1.29 is 75.7 Å². The second-order valence-corrected chi connectivity index (χ2v) is 33.1. The number of rotatable bonds is 11. The van der Waals surface area contributed by atoms with Gasteiger partial charge >= 0.3 is 0 Å². The fraction of sp³-hybridized carbons (Fsp3) is 0. The highest BCUT2D eigenvalue weighted by atomic mass is 32.2. The highest BCUT2D eigenvalue weighted by Gasteiger charge is 2.52. The molecule has 0 bridgehead atoms. The van der Waals surface area contributed by atoms with E-state index < -0.39 is 136 Å². The number of halogens is 14.